The highest BCUT2D eigenvalue weighted by atomic mass is 31.2. The van der Waals surface area contributed by atoms with Crippen LogP contribution in [0.2, 0.25) is 0 Å². The first-order valence-electron chi connectivity index (χ1n) is 41.1. The van der Waals surface area contributed by atoms with Crippen LogP contribution in [0.5, 0.6) is 0 Å². The highest BCUT2D eigenvalue weighted by Gasteiger charge is 2.30. The predicted octanol–water partition coefficient (Wildman–Crippen LogP) is 24.1. The minimum absolute atomic E-state index is 0.0718. The van der Waals surface area contributed by atoms with Gasteiger partial charge in [-0.2, -0.15) is 0 Å². The Bertz CT molecular complexity index is 2390. The molecule has 0 saturated heterocycles. The number of phosphoric acid groups is 2. The number of carbonyl (C=O) groups is 4. The van der Waals surface area contributed by atoms with Crippen molar-refractivity contribution in [1.29, 1.82) is 0 Å². The van der Waals surface area contributed by atoms with Crippen LogP contribution >= 0.6 is 15.6 Å². The predicted molar refractivity (Wildman–Crippen MR) is 427 cm³/mol. The topological polar surface area (TPSA) is 237 Å². The standard InChI is InChI=1S/C85H148O17P2/c1-5-9-13-17-21-25-29-32-35-37-39-41-44-46-50-53-57-61-65-69-82(87)95-75-80(101-84(89)71-67-63-59-55-49-28-24-20-16-12-8-4)77-99-103(91,92)97-73-79(86)74-98-104(93,94)100-78-81(102-85(90)72-68-64-60-56-52-48-43-34-31-27-23-19-15-11-7-3)76-96-83(88)70-66-62-58-54-51-47-45-42-40-38-36-33-30-26-22-18-14-10-6-2/h11,15,21-23,25-27,32-36,39-43,79-81,86H,5-10,12-14,16-20,24,28-31,37-38,44-78H2,1-4H3,(H,91,92)(H,93,94)/b15-11-,25-21-,26-22-,27-23-,35-32-,36-33-,41-39-,42-40-,43-34-. The van der Waals surface area contributed by atoms with Crippen LogP contribution in [0, 0.1) is 0 Å². The van der Waals surface area contributed by atoms with Crippen LogP contribution in [0.3, 0.4) is 0 Å². The average Bonchev–Trinajstić information content (AvgIpc) is 0.924. The number of aliphatic hydroxyl groups excluding tert-OH is 1. The first-order chi connectivity index (χ1) is 50.7. The second kappa shape index (κ2) is 76.9. The number of phosphoric ester groups is 2. The molecule has 0 bridgehead atoms. The number of allylic oxidation sites excluding steroid dienone is 18. The zero-order valence-corrected chi connectivity index (χ0v) is 67.5. The van der Waals surface area contributed by atoms with Gasteiger partial charge in [-0.25, -0.2) is 9.13 Å². The van der Waals surface area contributed by atoms with Crippen LogP contribution in [0.1, 0.15) is 349 Å². The number of hydrogen-bond donors (Lipinski definition) is 3. The third-order valence-electron chi connectivity index (χ3n) is 17.2. The molecule has 19 heteroatoms. The summed E-state index contributed by atoms with van der Waals surface area (Å²) in [6.45, 7) is 4.69. The summed E-state index contributed by atoms with van der Waals surface area (Å²) in [6.07, 6.45) is 83.4. The highest BCUT2D eigenvalue weighted by Crippen LogP contribution is 2.45. The van der Waals surface area contributed by atoms with Gasteiger partial charge in [-0.1, -0.05) is 298 Å². The second-order valence-corrected chi connectivity index (χ2v) is 30.2. The van der Waals surface area contributed by atoms with Gasteiger partial charge in [-0.3, -0.25) is 37.3 Å². The maximum Gasteiger partial charge on any atom is 0.472 e. The molecule has 0 aliphatic carbocycles. The van der Waals surface area contributed by atoms with Crippen molar-refractivity contribution >= 4 is 39.5 Å². The largest absolute Gasteiger partial charge is 0.472 e. The van der Waals surface area contributed by atoms with Crippen LogP contribution in [0.15, 0.2) is 109 Å². The first kappa shape index (κ1) is 99.7. The van der Waals surface area contributed by atoms with Crippen molar-refractivity contribution in [2.75, 3.05) is 39.6 Å². The van der Waals surface area contributed by atoms with Gasteiger partial charge < -0.3 is 33.8 Å². The van der Waals surface area contributed by atoms with E-state index in [1.54, 1.807) is 0 Å². The number of esters is 4. The smallest absolute Gasteiger partial charge is 0.462 e. The number of carbonyl (C=O) groups excluding carboxylic acids is 4. The molecule has 600 valence electrons. The molecule has 0 aromatic rings. The third kappa shape index (κ3) is 75.9. The van der Waals surface area contributed by atoms with Crippen molar-refractivity contribution in [3.05, 3.63) is 109 Å². The summed E-state index contributed by atoms with van der Waals surface area (Å²) in [5.41, 5.74) is 0. The normalized spacial score (nSPS) is 14.4. The Balaban J connectivity index is 5.33. The molecule has 5 atom stereocenters. The van der Waals surface area contributed by atoms with Crippen LogP contribution in [0.25, 0.3) is 0 Å². The summed E-state index contributed by atoms with van der Waals surface area (Å²) in [5.74, 6) is -2.20. The molecule has 0 amide bonds. The third-order valence-corrected chi connectivity index (χ3v) is 19.1. The molecular formula is C85H148O17P2. The van der Waals surface area contributed by atoms with E-state index in [1.807, 2.05) is 0 Å². The van der Waals surface area contributed by atoms with Crippen molar-refractivity contribution in [3.8, 4) is 0 Å². The van der Waals surface area contributed by atoms with Gasteiger partial charge in [-0.15, -0.1) is 0 Å². The maximum absolute atomic E-state index is 13.1. The molecule has 0 heterocycles. The van der Waals surface area contributed by atoms with Crippen LogP contribution < -0.4 is 0 Å². The lowest BCUT2D eigenvalue weighted by Crippen LogP contribution is -2.30. The van der Waals surface area contributed by atoms with E-state index in [1.165, 1.54) is 77.0 Å². The number of aliphatic hydroxyl groups is 1. The second-order valence-electron chi connectivity index (χ2n) is 27.3. The number of ether oxygens (including phenoxy) is 4. The zero-order chi connectivity index (χ0) is 76.0. The quantitative estimate of drug-likeness (QED) is 0.0169. The van der Waals surface area contributed by atoms with E-state index in [4.69, 9.17) is 37.0 Å². The highest BCUT2D eigenvalue weighted by molar-refractivity contribution is 7.47. The summed E-state index contributed by atoms with van der Waals surface area (Å²) < 4.78 is 68.6. The minimum atomic E-state index is -4.99. The molecule has 5 unspecified atom stereocenters. The van der Waals surface area contributed by atoms with Gasteiger partial charge >= 0.3 is 39.5 Å². The van der Waals surface area contributed by atoms with E-state index in [-0.39, 0.29) is 25.7 Å². The number of hydrogen-bond acceptors (Lipinski definition) is 15. The van der Waals surface area contributed by atoms with Crippen molar-refractivity contribution in [1.82, 2.24) is 0 Å². The monoisotopic (exact) mass is 1500 g/mol. The Morgan fingerprint density at radius 3 is 0.788 bits per heavy atom. The lowest BCUT2D eigenvalue weighted by atomic mass is 10.1. The molecule has 0 radical (unpaired) electrons. The Kier molecular flexibility index (Phi) is 73.7. The molecule has 0 aromatic carbocycles. The van der Waals surface area contributed by atoms with Gasteiger partial charge in [0.25, 0.3) is 0 Å². The molecule has 0 aliphatic rings. The van der Waals surface area contributed by atoms with E-state index < -0.39 is 97.5 Å². The summed E-state index contributed by atoms with van der Waals surface area (Å²) in [5, 5.41) is 10.6. The van der Waals surface area contributed by atoms with Crippen LogP contribution in [-0.2, 0) is 65.4 Å². The molecule has 3 N–H and O–H groups in total. The van der Waals surface area contributed by atoms with E-state index in [2.05, 4.69) is 137 Å². The SMILES string of the molecule is CC/C=C\C/C=C\C/C=C\CCCCCCCC(=O)OC(COC(=O)CCCCCCCC/C=C\C/C=C\C/C=C\CCCCC)COP(=O)(O)OCC(O)COP(=O)(O)OCC(COC(=O)CCCCCCCC/C=C\C/C=C\C/C=C\CCCCC)OC(=O)CCCCCCCCCCCCC. The van der Waals surface area contributed by atoms with Gasteiger partial charge in [0, 0.05) is 25.7 Å². The minimum Gasteiger partial charge on any atom is -0.462 e. The fourth-order valence-corrected chi connectivity index (χ4v) is 12.5. The van der Waals surface area contributed by atoms with Gasteiger partial charge in [0.05, 0.1) is 26.4 Å². The Morgan fingerprint density at radius 1 is 0.279 bits per heavy atom. The Labute approximate surface area is 632 Å². The van der Waals surface area contributed by atoms with Crippen molar-refractivity contribution in [3.63, 3.8) is 0 Å². The fourth-order valence-electron chi connectivity index (χ4n) is 11.0. The molecule has 0 rings (SSSR count). The van der Waals surface area contributed by atoms with Crippen molar-refractivity contribution in [2.45, 2.75) is 367 Å². The molecule has 0 fully saturated rings. The summed E-state index contributed by atoms with van der Waals surface area (Å²) in [7, 11) is -9.96. The lowest BCUT2D eigenvalue weighted by Gasteiger charge is -2.21. The van der Waals surface area contributed by atoms with Gasteiger partial charge in [0.15, 0.2) is 12.2 Å². The molecule has 0 aromatic heterocycles. The van der Waals surface area contributed by atoms with Crippen molar-refractivity contribution < 1.29 is 80.2 Å². The Hall–Kier alpha value is -4.28. The summed E-state index contributed by atoms with van der Waals surface area (Å²) in [6, 6.07) is 0. The Morgan fingerprint density at radius 2 is 0.500 bits per heavy atom. The maximum atomic E-state index is 13.1. The molecule has 0 aliphatic heterocycles. The van der Waals surface area contributed by atoms with Crippen LogP contribution in [0.4, 0.5) is 0 Å². The van der Waals surface area contributed by atoms with E-state index >= 15 is 0 Å². The molecule has 104 heavy (non-hydrogen) atoms. The van der Waals surface area contributed by atoms with Crippen molar-refractivity contribution in [2.24, 2.45) is 0 Å². The fraction of sp³-hybridized carbons (Fsp3) is 0.741. The summed E-state index contributed by atoms with van der Waals surface area (Å²) in [4.78, 5) is 73.0. The van der Waals surface area contributed by atoms with E-state index in [0.717, 1.165) is 193 Å². The summed E-state index contributed by atoms with van der Waals surface area (Å²) >= 11 is 0. The van der Waals surface area contributed by atoms with Gasteiger partial charge in [0.1, 0.15) is 19.3 Å². The average molecular weight is 1500 g/mol. The first-order valence-corrected chi connectivity index (χ1v) is 44.1. The zero-order valence-electron chi connectivity index (χ0n) is 65.7. The van der Waals surface area contributed by atoms with E-state index in [9.17, 15) is 43.2 Å². The van der Waals surface area contributed by atoms with Gasteiger partial charge in [-0.05, 0) is 135 Å². The number of rotatable bonds is 77. The molecule has 0 saturated carbocycles. The number of unbranched alkanes of at least 4 members (excludes halogenated alkanes) is 33. The molecule has 0 spiro atoms. The molecule has 17 nitrogen and oxygen atoms in total. The van der Waals surface area contributed by atoms with Gasteiger partial charge in [0.2, 0.25) is 0 Å². The lowest BCUT2D eigenvalue weighted by molar-refractivity contribution is -0.161. The van der Waals surface area contributed by atoms with E-state index in [0.29, 0.717) is 25.7 Å². The molecular weight excluding hydrogens is 1350 g/mol. The van der Waals surface area contributed by atoms with Crippen LogP contribution in [-0.4, -0.2) is 96.7 Å².